The summed E-state index contributed by atoms with van der Waals surface area (Å²) in [5.74, 6) is 0.580. The zero-order valence-electron chi connectivity index (χ0n) is 9.97. The zero-order valence-corrected chi connectivity index (χ0v) is 9.97. The lowest BCUT2D eigenvalue weighted by Gasteiger charge is -2.03. The van der Waals surface area contributed by atoms with Crippen molar-refractivity contribution in [3.05, 3.63) is 42.0 Å². The van der Waals surface area contributed by atoms with Gasteiger partial charge in [0.05, 0.1) is 24.6 Å². The molecule has 0 bridgehead atoms. The van der Waals surface area contributed by atoms with Crippen LogP contribution in [0, 0.1) is 12.8 Å². The second-order valence-corrected chi connectivity index (χ2v) is 4.60. The first-order valence-electron chi connectivity index (χ1n) is 6.01. The van der Waals surface area contributed by atoms with E-state index in [2.05, 4.69) is 40.6 Å². The van der Waals surface area contributed by atoms with Gasteiger partial charge in [0.2, 0.25) is 0 Å². The second kappa shape index (κ2) is 4.34. The van der Waals surface area contributed by atoms with E-state index in [9.17, 15) is 0 Å². The molecule has 0 saturated carbocycles. The number of rotatable bonds is 2. The highest BCUT2D eigenvalue weighted by atomic mass is 16.5. The molecule has 0 N–H and O–H groups in total. The predicted molar refractivity (Wildman–Crippen MR) is 67.9 cm³/mol. The molecule has 3 heteroatoms. The average molecular weight is 228 g/mol. The molecule has 3 rings (SSSR count). The summed E-state index contributed by atoms with van der Waals surface area (Å²) in [6.07, 6.45) is 9.34. The van der Waals surface area contributed by atoms with Gasteiger partial charge in [-0.25, -0.2) is 4.98 Å². The Hall–Kier alpha value is -1.61. The van der Waals surface area contributed by atoms with E-state index in [1.54, 1.807) is 0 Å². The third-order valence-corrected chi connectivity index (χ3v) is 3.26. The van der Waals surface area contributed by atoms with Gasteiger partial charge in [-0.1, -0.05) is 12.2 Å². The first-order chi connectivity index (χ1) is 8.33. The maximum absolute atomic E-state index is 5.36. The maximum Gasteiger partial charge on any atom is 0.0994 e. The molecule has 1 aliphatic rings. The third kappa shape index (κ3) is 2.11. The number of hydrogen-bond acceptors (Lipinski definition) is 2. The summed E-state index contributed by atoms with van der Waals surface area (Å²) in [6.45, 7) is 3.87. The number of nitrogens with zero attached hydrogens (tertiary/aromatic N) is 2. The van der Waals surface area contributed by atoms with E-state index in [0.717, 1.165) is 25.2 Å². The molecule has 0 aromatic carbocycles. The summed E-state index contributed by atoms with van der Waals surface area (Å²) < 4.78 is 7.45. The Morgan fingerprint density at radius 1 is 1.47 bits per heavy atom. The van der Waals surface area contributed by atoms with Crippen LogP contribution >= 0.6 is 0 Å². The van der Waals surface area contributed by atoms with Gasteiger partial charge in [-0.2, -0.15) is 0 Å². The number of pyridine rings is 1. The molecular weight excluding hydrogens is 212 g/mol. The number of fused-ring (bicyclic) bond motifs is 1. The van der Waals surface area contributed by atoms with Crippen molar-refractivity contribution in [3.63, 3.8) is 0 Å². The Morgan fingerprint density at radius 3 is 3.24 bits per heavy atom. The summed E-state index contributed by atoms with van der Waals surface area (Å²) in [5, 5.41) is 0. The number of imidazole rings is 1. The highest BCUT2D eigenvalue weighted by Gasteiger charge is 2.11. The van der Waals surface area contributed by atoms with Crippen molar-refractivity contribution < 1.29 is 4.74 Å². The molecule has 1 fully saturated rings. The van der Waals surface area contributed by atoms with E-state index in [1.165, 1.54) is 11.3 Å². The molecule has 0 radical (unpaired) electrons. The van der Waals surface area contributed by atoms with Crippen molar-refractivity contribution >= 4 is 11.6 Å². The molecule has 88 valence electrons. The molecule has 0 aliphatic carbocycles. The SMILES string of the molecule is Cc1cc(/C=C/C2CCOC2)cc2cncn12. The summed E-state index contributed by atoms with van der Waals surface area (Å²) >= 11 is 0. The van der Waals surface area contributed by atoms with Crippen LogP contribution in [-0.2, 0) is 4.74 Å². The summed E-state index contributed by atoms with van der Waals surface area (Å²) in [4.78, 5) is 4.16. The van der Waals surface area contributed by atoms with Gasteiger partial charge in [-0.3, -0.25) is 0 Å². The Balaban J connectivity index is 1.89. The molecule has 3 nitrogen and oxygen atoms in total. The van der Waals surface area contributed by atoms with Crippen molar-refractivity contribution in [2.45, 2.75) is 13.3 Å². The van der Waals surface area contributed by atoms with E-state index in [4.69, 9.17) is 4.74 Å². The van der Waals surface area contributed by atoms with Crippen molar-refractivity contribution in [3.8, 4) is 0 Å². The van der Waals surface area contributed by atoms with Crippen LogP contribution in [0.2, 0.25) is 0 Å². The Morgan fingerprint density at radius 2 is 2.41 bits per heavy atom. The van der Waals surface area contributed by atoms with Crippen molar-refractivity contribution in [1.29, 1.82) is 0 Å². The van der Waals surface area contributed by atoms with E-state index < -0.39 is 0 Å². The van der Waals surface area contributed by atoms with Crippen molar-refractivity contribution in [1.82, 2.24) is 9.38 Å². The van der Waals surface area contributed by atoms with Gasteiger partial charge < -0.3 is 9.14 Å². The van der Waals surface area contributed by atoms with Gasteiger partial charge >= 0.3 is 0 Å². The zero-order chi connectivity index (χ0) is 11.7. The molecule has 0 spiro atoms. The molecular formula is C14H16N2O. The van der Waals surface area contributed by atoms with Crippen LogP contribution in [0.3, 0.4) is 0 Å². The van der Waals surface area contributed by atoms with Crippen molar-refractivity contribution in [2.24, 2.45) is 5.92 Å². The molecule has 1 aliphatic heterocycles. The van der Waals surface area contributed by atoms with Gasteiger partial charge in [-0.05, 0) is 31.0 Å². The lowest BCUT2D eigenvalue weighted by atomic mass is 10.1. The monoisotopic (exact) mass is 228 g/mol. The van der Waals surface area contributed by atoms with Gasteiger partial charge in [0.1, 0.15) is 0 Å². The van der Waals surface area contributed by atoms with Crippen LogP contribution in [0.4, 0.5) is 0 Å². The summed E-state index contributed by atoms with van der Waals surface area (Å²) in [7, 11) is 0. The molecule has 3 heterocycles. The van der Waals surface area contributed by atoms with Crippen LogP contribution < -0.4 is 0 Å². The van der Waals surface area contributed by atoms with Crippen LogP contribution in [0.1, 0.15) is 17.7 Å². The second-order valence-electron chi connectivity index (χ2n) is 4.60. The fourth-order valence-electron chi connectivity index (χ4n) is 2.28. The molecule has 17 heavy (non-hydrogen) atoms. The normalized spacial score (nSPS) is 20.6. The standard InChI is InChI=1S/C14H16N2O/c1-11-6-13(3-2-12-4-5-17-9-12)7-14-8-15-10-16(11)14/h2-3,6-8,10,12H,4-5,9H2,1H3/b3-2+. The number of ether oxygens (including phenoxy) is 1. The molecule has 2 aromatic heterocycles. The first kappa shape index (κ1) is 10.5. The largest absolute Gasteiger partial charge is 0.381 e. The lowest BCUT2D eigenvalue weighted by Crippen LogP contribution is -1.93. The molecule has 0 amide bonds. The third-order valence-electron chi connectivity index (χ3n) is 3.26. The van der Waals surface area contributed by atoms with Gasteiger partial charge in [0.25, 0.3) is 0 Å². The van der Waals surface area contributed by atoms with Gasteiger partial charge in [0.15, 0.2) is 0 Å². The quantitative estimate of drug-likeness (QED) is 0.790. The molecule has 1 saturated heterocycles. The Bertz CT molecular complexity index is 550. The predicted octanol–water partition coefficient (Wildman–Crippen LogP) is 2.69. The van der Waals surface area contributed by atoms with Crippen LogP contribution in [-0.4, -0.2) is 22.6 Å². The smallest absolute Gasteiger partial charge is 0.0994 e. The maximum atomic E-state index is 5.36. The van der Waals surface area contributed by atoms with Crippen LogP contribution in [0.15, 0.2) is 30.7 Å². The molecule has 1 atom stereocenters. The summed E-state index contributed by atoms with van der Waals surface area (Å²) in [5.41, 5.74) is 3.59. The number of hydrogen-bond donors (Lipinski definition) is 0. The van der Waals surface area contributed by atoms with E-state index in [1.807, 2.05) is 12.5 Å². The fourth-order valence-corrected chi connectivity index (χ4v) is 2.28. The van der Waals surface area contributed by atoms with E-state index in [0.29, 0.717) is 5.92 Å². The Labute approximate surface area is 101 Å². The Kier molecular flexibility index (Phi) is 2.69. The van der Waals surface area contributed by atoms with Crippen molar-refractivity contribution in [2.75, 3.05) is 13.2 Å². The minimum absolute atomic E-state index is 0.580. The topological polar surface area (TPSA) is 26.5 Å². The molecule has 2 aromatic rings. The highest BCUT2D eigenvalue weighted by Crippen LogP contribution is 2.17. The molecule has 1 unspecified atom stereocenters. The van der Waals surface area contributed by atoms with E-state index in [-0.39, 0.29) is 0 Å². The van der Waals surface area contributed by atoms with Crippen LogP contribution in [0.25, 0.3) is 11.6 Å². The van der Waals surface area contributed by atoms with Gasteiger partial charge in [-0.15, -0.1) is 0 Å². The fraction of sp³-hybridized carbons (Fsp3) is 0.357. The lowest BCUT2D eigenvalue weighted by molar-refractivity contribution is 0.191. The average Bonchev–Trinajstić information content (AvgIpc) is 2.97. The minimum atomic E-state index is 0.580. The van der Waals surface area contributed by atoms with Crippen LogP contribution in [0.5, 0.6) is 0 Å². The first-order valence-corrected chi connectivity index (χ1v) is 6.01. The highest BCUT2D eigenvalue weighted by molar-refractivity contribution is 5.59. The van der Waals surface area contributed by atoms with Gasteiger partial charge in [0, 0.05) is 18.2 Å². The summed E-state index contributed by atoms with van der Waals surface area (Å²) in [6, 6.07) is 4.34. The number of aromatic nitrogens is 2. The number of aryl methyl sites for hydroxylation is 1. The minimum Gasteiger partial charge on any atom is -0.381 e. The van der Waals surface area contributed by atoms with E-state index >= 15 is 0 Å².